The van der Waals surface area contributed by atoms with Gasteiger partial charge in [-0.05, 0) is 24.5 Å². The van der Waals surface area contributed by atoms with Crippen molar-refractivity contribution in [2.45, 2.75) is 26.8 Å². The van der Waals surface area contributed by atoms with Crippen molar-refractivity contribution in [1.82, 2.24) is 15.2 Å². The summed E-state index contributed by atoms with van der Waals surface area (Å²) >= 11 is 1.61. The molecule has 1 aromatic carbocycles. The number of nitrogens with zero attached hydrogens (tertiary/aromatic N) is 3. The number of rotatable bonds is 5. The van der Waals surface area contributed by atoms with E-state index in [1.54, 1.807) is 23.6 Å². The molecule has 1 fully saturated rings. The Bertz CT molecular complexity index is 783. The first-order valence-electron chi connectivity index (χ1n) is 9.27. The van der Waals surface area contributed by atoms with Crippen LogP contribution in [0.25, 0.3) is 0 Å². The molecule has 3 rings (SSSR count). The second kappa shape index (κ2) is 8.52. The molecule has 0 bridgehead atoms. The molecule has 0 radical (unpaired) electrons. The molecular weight excluding hydrogens is 360 g/mol. The summed E-state index contributed by atoms with van der Waals surface area (Å²) in [6.45, 7) is 8.63. The fourth-order valence-electron chi connectivity index (χ4n) is 3.25. The molecule has 1 N–H and O–H groups in total. The van der Waals surface area contributed by atoms with E-state index in [9.17, 15) is 9.59 Å². The molecule has 1 atom stereocenters. The Morgan fingerprint density at radius 3 is 2.44 bits per heavy atom. The summed E-state index contributed by atoms with van der Waals surface area (Å²) < 4.78 is 0. The van der Waals surface area contributed by atoms with Crippen LogP contribution in [0.4, 0.5) is 5.13 Å². The van der Waals surface area contributed by atoms with Crippen LogP contribution in [-0.4, -0.2) is 53.9 Å². The molecule has 1 aliphatic rings. The van der Waals surface area contributed by atoms with E-state index in [0.29, 0.717) is 18.7 Å². The van der Waals surface area contributed by atoms with Gasteiger partial charge in [-0.1, -0.05) is 32.0 Å². The normalized spacial score (nSPS) is 15.7. The number of carbonyl (C=O) groups is 2. The van der Waals surface area contributed by atoms with E-state index < -0.39 is 6.04 Å². The molecule has 0 spiro atoms. The standard InChI is InChI=1S/C20H26N4O2S/c1-14(2)17(22-18(25)16-7-5-4-6-15(16)3)19(26)23-9-11-24(12-10-23)20-21-8-13-27-20/h4-8,13-14,17H,9-12H2,1-3H3,(H,22,25). The van der Waals surface area contributed by atoms with Crippen molar-refractivity contribution in [3.05, 3.63) is 47.0 Å². The molecule has 2 amide bonds. The van der Waals surface area contributed by atoms with Gasteiger partial charge in [0.1, 0.15) is 6.04 Å². The Labute approximate surface area is 164 Å². The number of thiazole rings is 1. The second-order valence-corrected chi connectivity index (χ2v) is 8.01. The summed E-state index contributed by atoms with van der Waals surface area (Å²) in [7, 11) is 0. The molecule has 1 unspecified atom stereocenters. The summed E-state index contributed by atoms with van der Waals surface area (Å²) in [6, 6.07) is 6.91. The Kier molecular flexibility index (Phi) is 6.11. The number of aromatic nitrogens is 1. The van der Waals surface area contributed by atoms with Gasteiger partial charge in [0, 0.05) is 43.3 Å². The Morgan fingerprint density at radius 1 is 1.15 bits per heavy atom. The number of carbonyl (C=O) groups excluding carboxylic acids is 2. The van der Waals surface area contributed by atoms with Crippen LogP contribution in [0.5, 0.6) is 0 Å². The fourth-order valence-corrected chi connectivity index (χ4v) is 3.94. The quantitative estimate of drug-likeness (QED) is 0.858. The molecule has 2 heterocycles. The van der Waals surface area contributed by atoms with Crippen LogP contribution in [0.1, 0.15) is 29.8 Å². The minimum Gasteiger partial charge on any atom is -0.345 e. The third kappa shape index (κ3) is 4.47. The number of benzene rings is 1. The first kappa shape index (κ1) is 19.4. The molecule has 0 saturated carbocycles. The van der Waals surface area contributed by atoms with E-state index in [0.717, 1.165) is 23.8 Å². The lowest BCUT2D eigenvalue weighted by molar-refractivity contribution is -0.134. The molecule has 1 aromatic heterocycles. The highest BCUT2D eigenvalue weighted by Gasteiger charge is 2.31. The third-order valence-electron chi connectivity index (χ3n) is 4.89. The van der Waals surface area contributed by atoms with Crippen molar-refractivity contribution in [1.29, 1.82) is 0 Å². The van der Waals surface area contributed by atoms with Crippen LogP contribution in [0.2, 0.25) is 0 Å². The van der Waals surface area contributed by atoms with Crippen LogP contribution < -0.4 is 10.2 Å². The van der Waals surface area contributed by atoms with Gasteiger partial charge in [0.15, 0.2) is 5.13 Å². The van der Waals surface area contributed by atoms with E-state index in [1.807, 2.05) is 49.3 Å². The first-order chi connectivity index (χ1) is 13.0. The van der Waals surface area contributed by atoms with Gasteiger partial charge >= 0.3 is 0 Å². The van der Waals surface area contributed by atoms with Gasteiger partial charge in [-0.3, -0.25) is 9.59 Å². The van der Waals surface area contributed by atoms with Crippen LogP contribution >= 0.6 is 11.3 Å². The maximum Gasteiger partial charge on any atom is 0.252 e. The summed E-state index contributed by atoms with van der Waals surface area (Å²) in [5.74, 6) is -0.185. The zero-order chi connectivity index (χ0) is 19.4. The lowest BCUT2D eigenvalue weighted by atomic mass is 10.0. The molecule has 6 nitrogen and oxygen atoms in total. The predicted octanol–water partition coefficient (Wildman–Crippen LogP) is 2.55. The fraction of sp³-hybridized carbons (Fsp3) is 0.450. The van der Waals surface area contributed by atoms with Crippen molar-refractivity contribution in [2.24, 2.45) is 5.92 Å². The van der Waals surface area contributed by atoms with Gasteiger partial charge in [-0.2, -0.15) is 0 Å². The van der Waals surface area contributed by atoms with Crippen molar-refractivity contribution >= 4 is 28.3 Å². The van der Waals surface area contributed by atoms with E-state index in [2.05, 4.69) is 15.2 Å². The zero-order valence-corrected chi connectivity index (χ0v) is 16.8. The number of hydrogen-bond acceptors (Lipinski definition) is 5. The average molecular weight is 387 g/mol. The molecular formula is C20H26N4O2S. The van der Waals surface area contributed by atoms with Crippen molar-refractivity contribution in [3.63, 3.8) is 0 Å². The van der Waals surface area contributed by atoms with Crippen LogP contribution in [-0.2, 0) is 4.79 Å². The highest BCUT2D eigenvalue weighted by Crippen LogP contribution is 2.20. The van der Waals surface area contributed by atoms with Crippen molar-refractivity contribution < 1.29 is 9.59 Å². The monoisotopic (exact) mass is 386 g/mol. The zero-order valence-electron chi connectivity index (χ0n) is 16.0. The van der Waals surface area contributed by atoms with Gasteiger partial charge in [0.25, 0.3) is 5.91 Å². The largest absolute Gasteiger partial charge is 0.345 e. The number of aryl methyl sites for hydroxylation is 1. The van der Waals surface area contributed by atoms with Crippen LogP contribution in [0.3, 0.4) is 0 Å². The summed E-state index contributed by atoms with van der Waals surface area (Å²) in [4.78, 5) is 34.1. The summed E-state index contributed by atoms with van der Waals surface area (Å²) in [5, 5.41) is 5.91. The first-order valence-corrected chi connectivity index (χ1v) is 10.1. The summed E-state index contributed by atoms with van der Waals surface area (Å²) in [5.41, 5.74) is 1.52. The molecule has 1 aliphatic heterocycles. The van der Waals surface area contributed by atoms with Gasteiger partial charge in [-0.25, -0.2) is 4.98 Å². The predicted molar refractivity (Wildman–Crippen MR) is 108 cm³/mol. The van der Waals surface area contributed by atoms with Crippen molar-refractivity contribution in [2.75, 3.05) is 31.1 Å². The summed E-state index contributed by atoms with van der Waals surface area (Å²) in [6.07, 6.45) is 1.80. The number of piperazine rings is 1. The SMILES string of the molecule is Cc1ccccc1C(=O)NC(C(=O)N1CCN(c2nccs2)CC1)C(C)C. The minimum atomic E-state index is -0.525. The Morgan fingerprint density at radius 2 is 1.85 bits per heavy atom. The molecule has 1 saturated heterocycles. The maximum atomic E-state index is 13.1. The van der Waals surface area contributed by atoms with Crippen LogP contribution in [0, 0.1) is 12.8 Å². The third-order valence-corrected chi connectivity index (χ3v) is 5.72. The van der Waals surface area contributed by atoms with E-state index in [-0.39, 0.29) is 17.7 Å². The lowest BCUT2D eigenvalue weighted by Crippen LogP contribution is -2.56. The average Bonchev–Trinajstić information content (AvgIpc) is 3.20. The second-order valence-electron chi connectivity index (χ2n) is 7.14. The van der Waals surface area contributed by atoms with Gasteiger partial charge in [0.05, 0.1) is 0 Å². The van der Waals surface area contributed by atoms with Gasteiger partial charge in [-0.15, -0.1) is 11.3 Å². The Balaban J connectivity index is 1.64. The topological polar surface area (TPSA) is 65.5 Å². The van der Waals surface area contributed by atoms with E-state index in [4.69, 9.17) is 0 Å². The Hall–Kier alpha value is -2.41. The highest BCUT2D eigenvalue weighted by molar-refractivity contribution is 7.13. The number of nitrogens with one attached hydrogen (secondary N) is 1. The van der Waals surface area contributed by atoms with Crippen molar-refractivity contribution in [3.8, 4) is 0 Å². The number of amides is 2. The molecule has 7 heteroatoms. The van der Waals surface area contributed by atoms with E-state index >= 15 is 0 Å². The molecule has 2 aromatic rings. The molecule has 0 aliphatic carbocycles. The number of hydrogen-bond donors (Lipinski definition) is 1. The van der Waals surface area contributed by atoms with E-state index in [1.165, 1.54) is 0 Å². The molecule has 27 heavy (non-hydrogen) atoms. The minimum absolute atomic E-state index is 0.00859. The maximum absolute atomic E-state index is 13.1. The highest BCUT2D eigenvalue weighted by atomic mass is 32.1. The number of anilines is 1. The lowest BCUT2D eigenvalue weighted by Gasteiger charge is -2.37. The molecule has 144 valence electrons. The van der Waals surface area contributed by atoms with Gasteiger partial charge < -0.3 is 15.1 Å². The smallest absolute Gasteiger partial charge is 0.252 e. The van der Waals surface area contributed by atoms with Gasteiger partial charge in [0.2, 0.25) is 5.91 Å². The van der Waals surface area contributed by atoms with Crippen LogP contribution in [0.15, 0.2) is 35.8 Å².